The number of thiophene rings is 2. The van der Waals surface area contributed by atoms with Crippen molar-refractivity contribution in [3.63, 3.8) is 0 Å². The number of amides is 1. The van der Waals surface area contributed by atoms with E-state index in [-0.39, 0.29) is 23.8 Å². The first-order chi connectivity index (χ1) is 19.3. The van der Waals surface area contributed by atoms with Gasteiger partial charge in [-0.25, -0.2) is 13.2 Å². The molecular weight excluding hydrogens is 573 g/mol. The average Bonchev–Trinajstić information content (AvgIpc) is 3.61. The highest BCUT2D eigenvalue weighted by atomic mass is 32.2. The number of benzene rings is 1. The molecule has 0 spiro atoms. The molecule has 1 aliphatic heterocycles. The first-order valence-electron chi connectivity index (χ1n) is 13.2. The van der Waals surface area contributed by atoms with Crippen LogP contribution in [0.15, 0.2) is 46.0 Å². The Bertz CT molecular complexity index is 1510. The third-order valence-corrected chi connectivity index (χ3v) is 11.5. The Balaban J connectivity index is 1.28. The molecule has 2 aliphatic rings. The number of carbonyl (C=O) groups excluding carboxylic acids is 3. The van der Waals surface area contributed by atoms with E-state index < -0.39 is 40.5 Å². The third-order valence-electron chi connectivity index (χ3n) is 7.05. The molecule has 3 aromatic rings. The minimum atomic E-state index is -3.83. The van der Waals surface area contributed by atoms with Crippen LogP contribution in [0.5, 0.6) is 0 Å². The van der Waals surface area contributed by atoms with Crippen LogP contribution in [0.25, 0.3) is 0 Å². The smallest absolute Gasteiger partial charge is 0.341 e. The molecule has 5 rings (SSSR count). The van der Waals surface area contributed by atoms with E-state index >= 15 is 0 Å². The van der Waals surface area contributed by atoms with E-state index in [0.717, 1.165) is 58.6 Å². The molecule has 1 aliphatic carbocycles. The Morgan fingerprint density at radius 1 is 1.05 bits per heavy atom. The van der Waals surface area contributed by atoms with Gasteiger partial charge in [0.25, 0.3) is 15.9 Å². The molecule has 0 fully saturated rings. The zero-order valence-electron chi connectivity index (χ0n) is 22.0. The molecular formula is C28H30N2O7S3. The molecule has 40 heavy (non-hydrogen) atoms. The molecule has 1 aromatic carbocycles. The summed E-state index contributed by atoms with van der Waals surface area (Å²) in [5.41, 5.74) is 3.03. The van der Waals surface area contributed by atoms with E-state index in [1.807, 2.05) is 24.3 Å². The standard InChI is InChI=1S/C28H30N2O7S3/c1-2-36-28(33)26-20-10-5-6-11-22(20)39-27(26)29-23(31)17-37-24(32)16-21-19-9-4-3-8-18(19)13-14-30(21)40(34,35)25-12-7-15-38-25/h3-4,7-9,12,15,21H,2,5-6,10-11,13-14,16-17H2,1H3,(H,29,31). The van der Waals surface area contributed by atoms with E-state index in [4.69, 9.17) is 9.47 Å². The van der Waals surface area contributed by atoms with Crippen molar-refractivity contribution in [1.82, 2.24) is 4.31 Å². The average molecular weight is 603 g/mol. The van der Waals surface area contributed by atoms with Crippen molar-refractivity contribution in [3.05, 3.63) is 68.9 Å². The Morgan fingerprint density at radius 3 is 2.62 bits per heavy atom. The highest BCUT2D eigenvalue weighted by molar-refractivity contribution is 7.91. The number of rotatable bonds is 9. The summed E-state index contributed by atoms with van der Waals surface area (Å²) in [7, 11) is -3.83. The quantitative estimate of drug-likeness (QED) is 0.352. The lowest BCUT2D eigenvalue weighted by atomic mass is 9.92. The molecule has 3 heterocycles. The largest absolute Gasteiger partial charge is 0.462 e. The van der Waals surface area contributed by atoms with E-state index in [1.54, 1.807) is 24.4 Å². The fraction of sp³-hybridized carbons (Fsp3) is 0.393. The SMILES string of the molecule is CCOC(=O)c1c(NC(=O)COC(=O)CC2c3ccccc3CCN2S(=O)(=O)c2cccs2)sc2c1CCCC2. The highest BCUT2D eigenvalue weighted by Crippen LogP contribution is 2.39. The van der Waals surface area contributed by atoms with Crippen molar-refractivity contribution in [2.45, 2.75) is 55.7 Å². The van der Waals surface area contributed by atoms with Crippen LogP contribution in [0.2, 0.25) is 0 Å². The number of hydrogen-bond donors (Lipinski definition) is 1. The number of sulfonamides is 1. The summed E-state index contributed by atoms with van der Waals surface area (Å²) in [4.78, 5) is 39.5. The zero-order valence-corrected chi connectivity index (χ0v) is 24.5. The summed E-state index contributed by atoms with van der Waals surface area (Å²) in [6.07, 6.45) is 3.86. The Labute approximate surface area is 241 Å². The minimum absolute atomic E-state index is 0.209. The van der Waals surface area contributed by atoms with Crippen LogP contribution in [0.1, 0.15) is 64.2 Å². The second-order valence-corrected chi connectivity index (χ2v) is 13.7. The Hall–Kier alpha value is -3.06. The number of esters is 2. The molecule has 9 nitrogen and oxygen atoms in total. The van der Waals surface area contributed by atoms with Gasteiger partial charge in [0.1, 0.15) is 9.21 Å². The van der Waals surface area contributed by atoms with Crippen LogP contribution < -0.4 is 5.32 Å². The molecule has 2 aromatic heterocycles. The highest BCUT2D eigenvalue weighted by Gasteiger charge is 2.38. The molecule has 12 heteroatoms. The Kier molecular flexibility index (Phi) is 8.69. The van der Waals surface area contributed by atoms with E-state index in [9.17, 15) is 22.8 Å². The minimum Gasteiger partial charge on any atom is -0.462 e. The van der Waals surface area contributed by atoms with Gasteiger partial charge in [0.15, 0.2) is 6.61 Å². The first kappa shape index (κ1) is 28.5. The number of anilines is 1. The van der Waals surface area contributed by atoms with Crippen LogP contribution in [0.4, 0.5) is 5.00 Å². The topological polar surface area (TPSA) is 119 Å². The van der Waals surface area contributed by atoms with Gasteiger partial charge < -0.3 is 14.8 Å². The normalized spacial score (nSPS) is 17.0. The van der Waals surface area contributed by atoms with Crippen molar-refractivity contribution >= 4 is 55.5 Å². The van der Waals surface area contributed by atoms with Gasteiger partial charge in [-0.3, -0.25) is 9.59 Å². The van der Waals surface area contributed by atoms with Crippen LogP contribution in [0, 0.1) is 0 Å². The molecule has 0 radical (unpaired) electrons. The van der Waals surface area contributed by atoms with Crippen molar-refractivity contribution in [3.8, 4) is 0 Å². The molecule has 1 unspecified atom stereocenters. The number of nitrogens with one attached hydrogen (secondary N) is 1. The van der Waals surface area contributed by atoms with Gasteiger partial charge in [0.2, 0.25) is 0 Å². The lowest BCUT2D eigenvalue weighted by Gasteiger charge is -2.35. The summed E-state index contributed by atoms with van der Waals surface area (Å²) < 4.78 is 38.9. The fourth-order valence-corrected chi connectivity index (χ4v) is 9.27. The second kappa shape index (κ2) is 12.2. The van der Waals surface area contributed by atoms with Crippen LogP contribution in [-0.2, 0) is 48.3 Å². The Morgan fingerprint density at radius 2 is 1.85 bits per heavy atom. The maximum Gasteiger partial charge on any atom is 0.341 e. The maximum atomic E-state index is 13.4. The van der Waals surface area contributed by atoms with Crippen molar-refractivity contribution in [2.75, 3.05) is 25.1 Å². The van der Waals surface area contributed by atoms with Gasteiger partial charge in [0, 0.05) is 11.4 Å². The van der Waals surface area contributed by atoms with Crippen LogP contribution in [-0.4, -0.2) is 50.3 Å². The predicted octanol–water partition coefficient (Wildman–Crippen LogP) is 4.73. The maximum absolute atomic E-state index is 13.4. The van der Waals surface area contributed by atoms with E-state index in [1.165, 1.54) is 15.6 Å². The number of ether oxygens (including phenoxy) is 2. The van der Waals surface area contributed by atoms with Gasteiger partial charge >= 0.3 is 11.9 Å². The predicted molar refractivity (Wildman–Crippen MR) is 152 cm³/mol. The monoisotopic (exact) mass is 602 g/mol. The van der Waals surface area contributed by atoms with Crippen molar-refractivity contribution in [2.24, 2.45) is 0 Å². The van der Waals surface area contributed by atoms with Gasteiger partial charge in [-0.1, -0.05) is 30.3 Å². The molecule has 0 bridgehead atoms. The third kappa shape index (κ3) is 5.85. The number of aryl methyl sites for hydroxylation is 1. The zero-order chi connectivity index (χ0) is 28.3. The number of hydrogen-bond acceptors (Lipinski definition) is 9. The van der Waals surface area contributed by atoms with E-state index in [2.05, 4.69) is 5.32 Å². The molecule has 1 N–H and O–H groups in total. The van der Waals surface area contributed by atoms with Gasteiger partial charge in [-0.15, -0.1) is 22.7 Å². The number of nitrogens with zero attached hydrogens (tertiary/aromatic N) is 1. The van der Waals surface area contributed by atoms with Gasteiger partial charge in [0.05, 0.1) is 24.6 Å². The van der Waals surface area contributed by atoms with Gasteiger partial charge in [-0.2, -0.15) is 4.31 Å². The first-order valence-corrected chi connectivity index (χ1v) is 16.3. The van der Waals surface area contributed by atoms with Crippen LogP contribution in [0.3, 0.4) is 0 Å². The lowest BCUT2D eigenvalue weighted by molar-refractivity contribution is -0.148. The van der Waals surface area contributed by atoms with Crippen LogP contribution >= 0.6 is 22.7 Å². The molecule has 0 saturated carbocycles. The number of fused-ring (bicyclic) bond motifs is 2. The fourth-order valence-electron chi connectivity index (χ4n) is 5.25. The molecule has 212 valence electrons. The summed E-state index contributed by atoms with van der Waals surface area (Å²) >= 11 is 2.48. The second-order valence-electron chi connectivity index (χ2n) is 9.56. The molecule has 1 atom stereocenters. The summed E-state index contributed by atoms with van der Waals surface area (Å²) in [6, 6.07) is 9.92. The molecule has 1 amide bonds. The summed E-state index contributed by atoms with van der Waals surface area (Å²) in [5.74, 6) is -1.75. The van der Waals surface area contributed by atoms with Crippen molar-refractivity contribution < 1.29 is 32.3 Å². The lowest BCUT2D eigenvalue weighted by Crippen LogP contribution is -2.41. The summed E-state index contributed by atoms with van der Waals surface area (Å²) in [6.45, 7) is 1.62. The van der Waals surface area contributed by atoms with Gasteiger partial charge in [-0.05, 0) is 67.2 Å². The number of carbonyl (C=O) groups is 3. The van der Waals surface area contributed by atoms with Crippen molar-refractivity contribution in [1.29, 1.82) is 0 Å². The summed E-state index contributed by atoms with van der Waals surface area (Å²) in [5, 5.41) is 4.83. The van der Waals surface area contributed by atoms with E-state index in [0.29, 0.717) is 17.0 Å². The molecule has 0 saturated heterocycles.